The number of aryl methyl sites for hydroxylation is 1. The molecule has 0 radical (unpaired) electrons. The molecule has 30 heavy (non-hydrogen) atoms. The maximum atomic E-state index is 12.6. The third-order valence-electron chi connectivity index (χ3n) is 5.32. The number of nitrogens with zero attached hydrogens (tertiary/aromatic N) is 5. The summed E-state index contributed by atoms with van der Waals surface area (Å²) >= 11 is 0. The van der Waals surface area contributed by atoms with E-state index < -0.39 is 0 Å². The van der Waals surface area contributed by atoms with E-state index in [-0.39, 0.29) is 16.5 Å². The molecule has 0 atom stereocenters. The minimum absolute atomic E-state index is 0.0852. The average Bonchev–Trinajstić information content (AvgIpc) is 3.27. The lowest BCUT2D eigenvalue weighted by Gasteiger charge is -2.36. The second-order valence-electron chi connectivity index (χ2n) is 7.27. The molecule has 154 valence electrons. The first-order valence-electron chi connectivity index (χ1n) is 9.96. The Morgan fingerprint density at radius 2 is 1.73 bits per heavy atom. The standard InChI is InChI=1S/C22H23N5O3/c28-22(10-9-18-16-23-26(17-18)19-5-2-1-3-6-19)25-13-11-24(12-14-25)20-7-4-8-21(15-20)27(29)30/h1-8,15-17H,9-14H2. The molecule has 0 aliphatic carbocycles. The molecule has 0 spiro atoms. The van der Waals surface area contributed by atoms with Gasteiger partial charge in [-0.2, -0.15) is 5.10 Å². The number of anilines is 1. The van der Waals surface area contributed by atoms with E-state index in [1.807, 2.05) is 52.2 Å². The van der Waals surface area contributed by atoms with Gasteiger partial charge in [0.25, 0.3) is 5.69 Å². The van der Waals surface area contributed by atoms with Gasteiger partial charge in [-0.05, 0) is 30.2 Å². The van der Waals surface area contributed by atoms with Crippen molar-refractivity contribution in [2.75, 3.05) is 31.1 Å². The van der Waals surface area contributed by atoms with Crippen LogP contribution in [0.5, 0.6) is 0 Å². The highest BCUT2D eigenvalue weighted by Crippen LogP contribution is 2.22. The van der Waals surface area contributed by atoms with Crippen molar-refractivity contribution in [3.05, 3.63) is 82.7 Å². The number of benzene rings is 2. The SMILES string of the molecule is O=C(CCc1cnn(-c2ccccc2)c1)N1CCN(c2cccc([N+](=O)[O-])c2)CC1. The first kappa shape index (κ1) is 19.6. The maximum absolute atomic E-state index is 12.6. The van der Waals surface area contributed by atoms with Crippen LogP contribution in [0.3, 0.4) is 0 Å². The van der Waals surface area contributed by atoms with E-state index in [1.165, 1.54) is 6.07 Å². The maximum Gasteiger partial charge on any atom is 0.271 e. The molecule has 1 amide bonds. The molecule has 8 heteroatoms. The van der Waals surface area contributed by atoms with E-state index in [0.717, 1.165) is 16.9 Å². The normalized spacial score (nSPS) is 14.0. The van der Waals surface area contributed by atoms with Gasteiger partial charge < -0.3 is 9.80 Å². The quantitative estimate of drug-likeness (QED) is 0.465. The number of amides is 1. The molecular weight excluding hydrogens is 382 g/mol. The molecule has 8 nitrogen and oxygen atoms in total. The number of carbonyl (C=O) groups excluding carboxylic acids is 1. The molecule has 0 bridgehead atoms. The summed E-state index contributed by atoms with van der Waals surface area (Å²) in [6.45, 7) is 2.56. The molecule has 3 aromatic rings. The van der Waals surface area contributed by atoms with E-state index >= 15 is 0 Å². The first-order valence-corrected chi connectivity index (χ1v) is 9.96. The van der Waals surface area contributed by atoms with Crippen LogP contribution in [0.15, 0.2) is 67.0 Å². The number of non-ortho nitro benzene ring substituents is 1. The topological polar surface area (TPSA) is 84.5 Å². The highest BCUT2D eigenvalue weighted by atomic mass is 16.6. The van der Waals surface area contributed by atoms with Crippen molar-refractivity contribution in [1.82, 2.24) is 14.7 Å². The summed E-state index contributed by atoms with van der Waals surface area (Å²) < 4.78 is 1.82. The Kier molecular flexibility index (Phi) is 5.74. The molecule has 1 aliphatic heterocycles. The number of piperazine rings is 1. The number of nitro benzene ring substituents is 1. The van der Waals surface area contributed by atoms with Gasteiger partial charge in [-0.3, -0.25) is 14.9 Å². The summed E-state index contributed by atoms with van der Waals surface area (Å²) in [5.41, 5.74) is 2.93. The largest absolute Gasteiger partial charge is 0.368 e. The zero-order valence-corrected chi connectivity index (χ0v) is 16.6. The van der Waals surface area contributed by atoms with Crippen molar-refractivity contribution in [3.8, 4) is 5.69 Å². The Labute approximate surface area is 174 Å². The van der Waals surface area contributed by atoms with Crippen molar-refractivity contribution in [2.45, 2.75) is 12.8 Å². The average molecular weight is 405 g/mol. The number of para-hydroxylation sites is 1. The van der Waals surface area contributed by atoms with Crippen LogP contribution in [0.1, 0.15) is 12.0 Å². The molecule has 1 fully saturated rings. The molecule has 0 saturated carbocycles. The van der Waals surface area contributed by atoms with Crippen LogP contribution in [0, 0.1) is 10.1 Å². The van der Waals surface area contributed by atoms with Gasteiger partial charge in [-0.15, -0.1) is 0 Å². The molecule has 2 aromatic carbocycles. The van der Waals surface area contributed by atoms with Gasteiger partial charge in [0.2, 0.25) is 5.91 Å². The predicted octanol–water partition coefficient (Wildman–Crippen LogP) is 3.06. The number of aromatic nitrogens is 2. The summed E-state index contributed by atoms with van der Waals surface area (Å²) in [7, 11) is 0. The van der Waals surface area contributed by atoms with Gasteiger partial charge in [-0.25, -0.2) is 4.68 Å². The lowest BCUT2D eigenvalue weighted by Crippen LogP contribution is -2.48. The lowest BCUT2D eigenvalue weighted by atomic mass is 10.1. The summed E-state index contributed by atoms with van der Waals surface area (Å²) in [4.78, 5) is 27.2. The highest BCUT2D eigenvalue weighted by molar-refractivity contribution is 5.76. The zero-order chi connectivity index (χ0) is 20.9. The number of rotatable bonds is 6. The van der Waals surface area contributed by atoms with Crippen LogP contribution < -0.4 is 4.90 Å². The molecule has 4 rings (SSSR count). The smallest absolute Gasteiger partial charge is 0.271 e. The third-order valence-corrected chi connectivity index (χ3v) is 5.32. The molecule has 0 unspecified atom stereocenters. The van der Waals surface area contributed by atoms with E-state index in [0.29, 0.717) is 39.0 Å². The molecular formula is C22H23N5O3. The fraction of sp³-hybridized carbons (Fsp3) is 0.273. The Bertz CT molecular complexity index is 1030. The minimum atomic E-state index is -0.386. The fourth-order valence-electron chi connectivity index (χ4n) is 3.64. The summed E-state index contributed by atoms with van der Waals surface area (Å²) in [5, 5.41) is 15.4. The van der Waals surface area contributed by atoms with Gasteiger partial charge in [0.1, 0.15) is 0 Å². The van der Waals surface area contributed by atoms with E-state index in [9.17, 15) is 14.9 Å². The van der Waals surface area contributed by atoms with Gasteiger partial charge in [0.15, 0.2) is 0 Å². The Morgan fingerprint density at radius 3 is 2.47 bits per heavy atom. The lowest BCUT2D eigenvalue weighted by molar-refractivity contribution is -0.384. The van der Waals surface area contributed by atoms with Crippen LogP contribution in [0.4, 0.5) is 11.4 Å². The monoisotopic (exact) mass is 405 g/mol. The van der Waals surface area contributed by atoms with Crippen LogP contribution >= 0.6 is 0 Å². The third kappa shape index (κ3) is 4.48. The van der Waals surface area contributed by atoms with Crippen molar-refractivity contribution in [1.29, 1.82) is 0 Å². The van der Waals surface area contributed by atoms with Crippen LogP contribution in [-0.2, 0) is 11.2 Å². The number of hydrogen-bond donors (Lipinski definition) is 0. The second-order valence-corrected chi connectivity index (χ2v) is 7.27. The van der Waals surface area contributed by atoms with Crippen LogP contribution in [-0.4, -0.2) is 51.7 Å². The molecule has 2 heterocycles. The Balaban J connectivity index is 1.28. The van der Waals surface area contributed by atoms with Crippen molar-refractivity contribution < 1.29 is 9.72 Å². The number of nitro groups is 1. The molecule has 1 aromatic heterocycles. The van der Waals surface area contributed by atoms with Gasteiger partial charge in [-0.1, -0.05) is 24.3 Å². The Morgan fingerprint density at radius 1 is 1.00 bits per heavy atom. The fourth-order valence-corrected chi connectivity index (χ4v) is 3.64. The minimum Gasteiger partial charge on any atom is -0.368 e. The van der Waals surface area contributed by atoms with Gasteiger partial charge in [0.05, 0.1) is 16.8 Å². The van der Waals surface area contributed by atoms with E-state index in [4.69, 9.17) is 0 Å². The number of hydrogen-bond acceptors (Lipinski definition) is 5. The van der Waals surface area contributed by atoms with Crippen LogP contribution in [0.25, 0.3) is 5.69 Å². The highest BCUT2D eigenvalue weighted by Gasteiger charge is 2.22. The van der Waals surface area contributed by atoms with Crippen LogP contribution in [0.2, 0.25) is 0 Å². The second kappa shape index (κ2) is 8.77. The first-order chi connectivity index (χ1) is 14.6. The van der Waals surface area contributed by atoms with Crippen molar-refractivity contribution >= 4 is 17.3 Å². The zero-order valence-electron chi connectivity index (χ0n) is 16.6. The molecule has 1 saturated heterocycles. The predicted molar refractivity (Wildman–Crippen MR) is 114 cm³/mol. The van der Waals surface area contributed by atoms with Crippen molar-refractivity contribution in [2.24, 2.45) is 0 Å². The van der Waals surface area contributed by atoms with E-state index in [2.05, 4.69) is 10.00 Å². The molecule has 0 N–H and O–H groups in total. The van der Waals surface area contributed by atoms with Gasteiger partial charge >= 0.3 is 0 Å². The molecule has 1 aliphatic rings. The Hall–Kier alpha value is -3.68. The number of carbonyl (C=O) groups is 1. The van der Waals surface area contributed by atoms with E-state index in [1.54, 1.807) is 18.3 Å². The summed E-state index contributed by atoms with van der Waals surface area (Å²) in [6.07, 6.45) is 4.86. The summed E-state index contributed by atoms with van der Waals surface area (Å²) in [5.74, 6) is 0.126. The summed E-state index contributed by atoms with van der Waals surface area (Å²) in [6, 6.07) is 16.5. The van der Waals surface area contributed by atoms with Gasteiger partial charge in [0, 0.05) is 56.6 Å². The van der Waals surface area contributed by atoms with Crippen molar-refractivity contribution in [3.63, 3.8) is 0 Å².